The molecule has 0 fully saturated rings. The average molecular weight is 340 g/mol. The van der Waals surface area contributed by atoms with Gasteiger partial charge in [-0.05, 0) is 30.3 Å². The predicted octanol–water partition coefficient (Wildman–Crippen LogP) is 1.91. The second-order valence-corrected chi connectivity index (χ2v) is 5.40. The van der Waals surface area contributed by atoms with Gasteiger partial charge in [0.15, 0.2) is 5.78 Å². The van der Waals surface area contributed by atoms with Crippen molar-refractivity contribution in [3.05, 3.63) is 68.8 Å². The molecule has 25 heavy (non-hydrogen) atoms. The van der Waals surface area contributed by atoms with Gasteiger partial charge >= 0.3 is 0 Å². The Labute approximate surface area is 141 Å². The molecule has 2 amide bonds. The Kier molecular flexibility index (Phi) is 4.02. The summed E-state index contributed by atoms with van der Waals surface area (Å²) in [5.41, 5.74) is 0.0430. The molecule has 2 aromatic rings. The molecular weight excluding hydrogens is 328 g/mol. The minimum atomic E-state index is -0.684. The van der Waals surface area contributed by atoms with Crippen molar-refractivity contribution in [3.8, 4) is 5.75 Å². The zero-order valence-electron chi connectivity index (χ0n) is 13.1. The smallest absolute Gasteiger partial charge is 0.273 e. The molecule has 1 heterocycles. The van der Waals surface area contributed by atoms with E-state index in [0.717, 1.165) is 6.07 Å². The predicted molar refractivity (Wildman–Crippen MR) is 85.9 cm³/mol. The molecule has 126 valence electrons. The Hall–Kier alpha value is -3.55. The van der Waals surface area contributed by atoms with Gasteiger partial charge in [-0.25, -0.2) is 0 Å². The summed E-state index contributed by atoms with van der Waals surface area (Å²) in [7, 11) is 1.50. The van der Waals surface area contributed by atoms with Gasteiger partial charge in [0, 0.05) is 23.6 Å². The van der Waals surface area contributed by atoms with Gasteiger partial charge in [-0.15, -0.1) is 0 Å². The molecule has 1 aliphatic heterocycles. The number of Topliss-reactive ketones (excluding diaryl/α,β-unsaturated/α-hetero) is 1. The lowest BCUT2D eigenvalue weighted by Crippen LogP contribution is -2.19. The average Bonchev–Trinajstić information content (AvgIpc) is 2.87. The Morgan fingerprint density at radius 3 is 2.28 bits per heavy atom. The molecule has 3 rings (SSSR count). The van der Waals surface area contributed by atoms with Gasteiger partial charge in [0.2, 0.25) is 0 Å². The zero-order valence-corrected chi connectivity index (χ0v) is 13.1. The van der Waals surface area contributed by atoms with Crippen molar-refractivity contribution in [1.82, 2.24) is 5.32 Å². The van der Waals surface area contributed by atoms with Gasteiger partial charge in [0.05, 0.1) is 23.2 Å². The summed E-state index contributed by atoms with van der Waals surface area (Å²) in [5, 5.41) is 13.3. The summed E-state index contributed by atoms with van der Waals surface area (Å²) in [5.74, 6) is -1.09. The molecule has 0 saturated heterocycles. The third-order valence-electron chi connectivity index (χ3n) is 3.89. The molecule has 0 spiro atoms. The molecule has 0 saturated carbocycles. The fourth-order valence-electron chi connectivity index (χ4n) is 2.61. The van der Waals surface area contributed by atoms with E-state index in [1.54, 1.807) is 24.3 Å². The van der Waals surface area contributed by atoms with Crippen LogP contribution in [-0.4, -0.2) is 29.6 Å². The van der Waals surface area contributed by atoms with Crippen LogP contribution >= 0.6 is 0 Å². The van der Waals surface area contributed by atoms with Crippen molar-refractivity contribution in [1.29, 1.82) is 0 Å². The number of nitro groups is 1. The maximum atomic E-state index is 12.4. The molecule has 1 aliphatic rings. The quantitative estimate of drug-likeness (QED) is 0.385. The fourth-order valence-corrected chi connectivity index (χ4v) is 2.61. The van der Waals surface area contributed by atoms with Crippen LogP contribution in [0.1, 0.15) is 36.6 Å². The Morgan fingerprint density at radius 2 is 1.72 bits per heavy atom. The first-order valence-corrected chi connectivity index (χ1v) is 7.25. The van der Waals surface area contributed by atoms with E-state index in [2.05, 4.69) is 5.32 Å². The van der Waals surface area contributed by atoms with Gasteiger partial charge in [-0.2, -0.15) is 0 Å². The summed E-state index contributed by atoms with van der Waals surface area (Å²) in [6.07, 6.45) is -0.266. The van der Waals surface area contributed by atoms with Gasteiger partial charge in [-0.3, -0.25) is 29.8 Å². The molecule has 0 aliphatic carbocycles. The second kappa shape index (κ2) is 6.16. The largest absolute Gasteiger partial charge is 0.497 e. The highest BCUT2D eigenvalue weighted by Gasteiger charge is 2.31. The fraction of sp³-hybridized carbons (Fsp3) is 0.118. The first-order chi connectivity index (χ1) is 11.9. The van der Waals surface area contributed by atoms with E-state index >= 15 is 0 Å². The normalized spacial score (nSPS) is 12.5. The van der Waals surface area contributed by atoms with Crippen LogP contribution in [0.25, 0.3) is 0 Å². The number of nitro benzene ring substituents is 1. The molecule has 0 atom stereocenters. The SMILES string of the molecule is COc1ccc(C(=O)Cc2cc3c(cc2[N+](=O)[O-])C(=O)NC3=O)cc1. The van der Waals surface area contributed by atoms with E-state index in [1.807, 2.05) is 0 Å². The van der Waals surface area contributed by atoms with Gasteiger partial charge in [0.1, 0.15) is 5.75 Å². The summed E-state index contributed by atoms with van der Waals surface area (Å²) >= 11 is 0. The van der Waals surface area contributed by atoms with Crippen LogP contribution in [0.2, 0.25) is 0 Å². The highest BCUT2D eigenvalue weighted by molar-refractivity contribution is 6.22. The zero-order chi connectivity index (χ0) is 18.1. The van der Waals surface area contributed by atoms with Crippen molar-refractivity contribution >= 4 is 23.3 Å². The van der Waals surface area contributed by atoms with Crippen LogP contribution in [0, 0.1) is 10.1 Å². The van der Waals surface area contributed by atoms with Crippen LogP contribution in [0.15, 0.2) is 36.4 Å². The minimum Gasteiger partial charge on any atom is -0.497 e. The lowest BCUT2D eigenvalue weighted by atomic mass is 9.97. The number of hydrogen-bond acceptors (Lipinski definition) is 6. The second-order valence-electron chi connectivity index (χ2n) is 5.40. The van der Waals surface area contributed by atoms with E-state index in [0.29, 0.717) is 11.3 Å². The number of fused-ring (bicyclic) bond motifs is 1. The summed E-state index contributed by atoms with van der Waals surface area (Å²) < 4.78 is 5.01. The number of carbonyl (C=O) groups is 3. The van der Waals surface area contributed by atoms with Crippen molar-refractivity contribution in [2.75, 3.05) is 7.11 Å². The van der Waals surface area contributed by atoms with Crippen LogP contribution < -0.4 is 10.1 Å². The molecule has 0 radical (unpaired) electrons. The maximum absolute atomic E-state index is 12.4. The standard InChI is InChI=1S/C17H12N2O6/c1-25-11-4-2-9(3-5-11)15(20)7-10-6-12-13(8-14(10)19(23)24)17(22)18-16(12)21/h2-6,8H,7H2,1H3,(H,18,21,22). The van der Waals surface area contributed by atoms with Crippen molar-refractivity contribution in [2.24, 2.45) is 0 Å². The van der Waals surface area contributed by atoms with Crippen LogP contribution in [0.4, 0.5) is 5.69 Å². The number of amides is 2. The van der Waals surface area contributed by atoms with E-state index in [-0.39, 0.29) is 34.6 Å². The minimum absolute atomic E-state index is 0.0353. The van der Waals surface area contributed by atoms with Crippen molar-refractivity contribution in [2.45, 2.75) is 6.42 Å². The number of carbonyl (C=O) groups excluding carboxylic acids is 3. The van der Waals surface area contributed by atoms with Crippen molar-refractivity contribution in [3.63, 3.8) is 0 Å². The summed E-state index contributed by atoms with van der Waals surface area (Å²) in [6.45, 7) is 0. The number of ketones is 1. The van der Waals surface area contributed by atoms with Crippen LogP contribution in [0.5, 0.6) is 5.75 Å². The molecular formula is C17H12N2O6. The molecule has 0 unspecified atom stereocenters. The third kappa shape index (κ3) is 2.97. The van der Waals surface area contributed by atoms with Crippen LogP contribution in [-0.2, 0) is 6.42 Å². The first kappa shape index (κ1) is 16.3. The van der Waals surface area contributed by atoms with E-state index in [9.17, 15) is 24.5 Å². The van der Waals surface area contributed by atoms with Crippen molar-refractivity contribution < 1.29 is 24.0 Å². The third-order valence-corrected chi connectivity index (χ3v) is 3.89. The summed E-state index contributed by atoms with van der Waals surface area (Å²) in [6, 6.07) is 8.58. The highest BCUT2D eigenvalue weighted by atomic mass is 16.6. The number of hydrogen-bond donors (Lipinski definition) is 1. The Balaban J connectivity index is 1.97. The van der Waals surface area contributed by atoms with E-state index in [4.69, 9.17) is 4.74 Å². The number of benzene rings is 2. The molecule has 2 aromatic carbocycles. The topological polar surface area (TPSA) is 116 Å². The monoisotopic (exact) mass is 340 g/mol. The molecule has 0 bridgehead atoms. The summed E-state index contributed by atoms with van der Waals surface area (Å²) in [4.78, 5) is 46.4. The maximum Gasteiger partial charge on any atom is 0.273 e. The number of methoxy groups -OCH3 is 1. The molecule has 1 N–H and O–H groups in total. The van der Waals surface area contributed by atoms with Crippen LogP contribution in [0.3, 0.4) is 0 Å². The molecule has 8 nitrogen and oxygen atoms in total. The molecule has 0 aromatic heterocycles. The number of nitrogens with zero attached hydrogens (tertiary/aromatic N) is 1. The number of imide groups is 1. The first-order valence-electron chi connectivity index (χ1n) is 7.25. The molecule has 8 heteroatoms. The number of nitrogens with one attached hydrogen (secondary N) is 1. The highest BCUT2D eigenvalue weighted by Crippen LogP contribution is 2.28. The van der Waals surface area contributed by atoms with Gasteiger partial charge in [0.25, 0.3) is 17.5 Å². The number of ether oxygens (including phenoxy) is 1. The lowest BCUT2D eigenvalue weighted by molar-refractivity contribution is -0.385. The Morgan fingerprint density at radius 1 is 1.12 bits per heavy atom. The number of rotatable bonds is 5. The lowest BCUT2D eigenvalue weighted by Gasteiger charge is -2.06. The van der Waals surface area contributed by atoms with Gasteiger partial charge in [-0.1, -0.05) is 0 Å². The van der Waals surface area contributed by atoms with E-state index in [1.165, 1.54) is 13.2 Å². The van der Waals surface area contributed by atoms with Gasteiger partial charge < -0.3 is 4.74 Å². The Bertz CT molecular complexity index is 917. The van der Waals surface area contributed by atoms with E-state index < -0.39 is 16.7 Å².